The summed E-state index contributed by atoms with van der Waals surface area (Å²) in [6.45, 7) is 0.566. The van der Waals surface area contributed by atoms with Crippen LogP contribution in [0.4, 0.5) is 0 Å². The molecule has 1 aliphatic heterocycles. The van der Waals surface area contributed by atoms with Gasteiger partial charge in [0.2, 0.25) is 5.91 Å². The normalized spacial score (nSPS) is 19.0. The van der Waals surface area contributed by atoms with E-state index in [-0.39, 0.29) is 23.3 Å². The smallest absolute Gasteiger partial charge is 0.226 e. The highest BCUT2D eigenvalue weighted by atomic mass is 32.2. The number of aromatic nitrogens is 1. The second-order valence-corrected chi connectivity index (χ2v) is 8.74. The van der Waals surface area contributed by atoms with Crippen molar-refractivity contribution >= 4 is 15.7 Å². The number of hydrogen-bond donors (Lipinski definition) is 0. The summed E-state index contributed by atoms with van der Waals surface area (Å²) in [7, 11) is -1.31. The summed E-state index contributed by atoms with van der Waals surface area (Å²) >= 11 is 0. The Labute approximate surface area is 147 Å². The number of amides is 1. The quantitative estimate of drug-likeness (QED) is 0.787. The van der Waals surface area contributed by atoms with Crippen molar-refractivity contribution in [2.45, 2.75) is 19.3 Å². The van der Waals surface area contributed by atoms with Crippen molar-refractivity contribution in [2.24, 2.45) is 5.92 Å². The van der Waals surface area contributed by atoms with Crippen molar-refractivity contribution in [3.63, 3.8) is 0 Å². The van der Waals surface area contributed by atoms with Gasteiger partial charge in [0.25, 0.3) is 0 Å². The highest BCUT2D eigenvalue weighted by Gasteiger charge is 2.34. The van der Waals surface area contributed by atoms with Crippen LogP contribution in [-0.4, -0.2) is 49.5 Å². The van der Waals surface area contributed by atoms with Gasteiger partial charge in [0.05, 0.1) is 17.4 Å². The number of hydrogen-bond acceptors (Lipinski definition) is 5. The van der Waals surface area contributed by atoms with Gasteiger partial charge in [0.15, 0.2) is 9.84 Å². The zero-order valence-corrected chi connectivity index (χ0v) is 15.0. The number of carbonyl (C=O) groups is 1. The SMILES string of the molecule is CN(CCCc1cc(-c2ccccc2)no1)C(=O)C1CCS(=O)(=O)C1. The maximum atomic E-state index is 12.3. The van der Waals surface area contributed by atoms with E-state index in [1.165, 1.54) is 0 Å². The van der Waals surface area contributed by atoms with Crippen LogP contribution in [0.1, 0.15) is 18.6 Å². The number of aryl methyl sites for hydroxylation is 1. The Hall–Kier alpha value is -2.15. The lowest BCUT2D eigenvalue weighted by atomic mass is 10.1. The molecule has 1 atom stereocenters. The molecule has 0 aliphatic carbocycles. The van der Waals surface area contributed by atoms with E-state index in [2.05, 4.69) is 5.16 Å². The molecule has 0 saturated carbocycles. The molecule has 1 aromatic heterocycles. The first kappa shape index (κ1) is 17.7. The van der Waals surface area contributed by atoms with Crippen molar-refractivity contribution in [2.75, 3.05) is 25.1 Å². The van der Waals surface area contributed by atoms with Crippen molar-refractivity contribution in [1.82, 2.24) is 10.1 Å². The predicted molar refractivity (Wildman–Crippen MR) is 94.7 cm³/mol. The van der Waals surface area contributed by atoms with Crippen LogP contribution >= 0.6 is 0 Å². The molecule has 6 nitrogen and oxygen atoms in total. The van der Waals surface area contributed by atoms with Crippen LogP contribution in [-0.2, 0) is 21.1 Å². The van der Waals surface area contributed by atoms with Gasteiger partial charge in [-0.2, -0.15) is 0 Å². The number of rotatable bonds is 6. The Morgan fingerprint density at radius 2 is 2.08 bits per heavy atom. The van der Waals surface area contributed by atoms with Crippen molar-refractivity contribution in [3.05, 3.63) is 42.2 Å². The molecule has 1 fully saturated rings. The first-order valence-electron chi connectivity index (χ1n) is 8.41. The van der Waals surface area contributed by atoms with E-state index in [1.807, 2.05) is 36.4 Å². The van der Waals surface area contributed by atoms with Crippen LogP contribution in [0, 0.1) is 5.92 Å². The number of carbonyl (C=O) groups excluding carboxylic acids is 1. The maximum Gasteiger partial charge on any atom is 0.226 e. The maximum absolute atomic E-state index is 12.3. The van der Waals surface area contributed by atoms with E-state index in [1.54, 1.807) is 11.9 Å². The van der Waals surface area contributed by atoms with Crippen LogP contribution in [0.3, 0.4) is 0 Å². The summed E-state index contributed by atoms with van der Waals surface area (Å²) in [5, 5.41) is 4.08. The number of sulfone groups is 1. The number of benzene rings is 1. The van der Waals surface area contributed by atoms with Crippen LogP contribution in [0.2, 0.25) is 0 Å². The summed E-state index contributed by atoms with van der Waals surface area (Å²) in [5.41, 5.74) is 1.81. The molecule has 1 aliphatic rings. The van der Waals surface area contributed by atoms with Gasteiger partial charge in [-0.1, -0.05) is 35.5 Å². The highest BCUT2D eigenvalue weighted by molar-refractivity contribution is 7.91. The standard InChI is InChI=1S/C18H22N2O4S/c1-20(18(21)15-9-11-25(22,23)13-15)10-5-8-16-12-17(19-24-16)14-6-3-2-4-7-14/h2-4,6-7,12,15H,5,8-11,13H2,1H3. The van der Waals surface area contributed by atoms with E-state index in [0.29, 0.717) is 19.4 Å². The van der Waals surface area contributed by atoms with E-state index in [9.17, 15) is 13.2 Å². The second kappa shape index (κ2) is 7.39. The first-order chi connectivity index (χ1) is 11.9. The Balaban J connectivity index is 1.48. The monoisotopic (exact) mass is 362 g/mol. The molecule has 1 saturated heterocycles. The molecule has 0 radical (unpaired) electrons. The zero-order chi connectivity index (χ0) is 17.9. The zero-order valence-electron chi connectivity index (χ0n) is 14.2. The van der Waals surface area contributed by atoms with E-state index >= 15 is 0 Å². The fourth-order valence-corrected chi connectivity index (χ4v) is 4.81. The largest absolute Gasteiger partial charge is 0.361 e. The molecule has 1 aromatic carbocycles. The van der Waals surface area contributed by atoms with Gasteiger partial charge < -0.3 is 9.42 Å². The molecule has 2 aromatic rings. The van der Waals surface area contributed by atoms with Crippen molar-refractivity contribution in [3.8, 4) is 11.3 Å². The van der Waals surface area contributed by atoms with E-state index in [4.69, 9.17) is 4.52 Å². The van der Waals surface area contributed by atoms with Gasteiger partial charge in [-0.3, -0.25) is 4.79 Å². The van der Waals surface area contributed by atoms with Crippen LogP contribution < -0.4 is 0 Å². The van der Waals surface area contributed by atoms with Gasteiger partial charge in [0, 0.05) is 31.6 Å². The molecule has 25 heavy (non-hydrogen) atoms. The molecule has 7 heteroatoms. The number of nitrogens with zero attached hydrogens (tertiary/aromatic N) is 2. The minimum atomic E-state index is -3.03. The van der Waals surface area contributed by atoms with Gasteiger partial charge in [-0.05, 0) is 12.8 Å². The van der Waals surface area contributed by atoms with Crippen LogP contribution in [0.25, 0.3) is 11.3 Å². The van der Waals surface area contributed by atoms with Gasteiger partial charge in [-0.25, -0.2) is 8.42 Å². The van der Waals surface area contributed by atoms with Crippen molar-refractivity contribution in [1.29, 1.82) is 0 Å². The molecular formula is C18H22N2O4S. The van der Waals surface area contributed by atoms with Crippen molar-refractivity contribution < 1.29 is 17.7 Å². The minimum absolute atomic E-state index is 0.0152. The summed E-state index contributed by atoms with van der Waals surface area (Å²) in [6.07, 6.45) is 1.86. The Kier molecular flexibility index (Phi) is 5.22. The van der Waals surface area contributed by atoms with Crippen LogP contribution in [0.5, 0.6) is 0 Å². The minimum Gasteiger partial charge on any atom is -0.361 e. The van der Waals surface area contributed by atoms with Gasteiger partial charge in [-0.15, -0.1) is 0 Å². The first-order valence-corrected chi connectivity index (χ1v) is 10.2. The highest BCUT2D eigenvalue weighted by Crippen LogP contribution is 2.21. The van der Waals surface area contributed by atoms with E-state index in [0.717, 1.165) is 23.4 Å². The Morgan fingerprint density at radius 3 is 2.76 bits per heavy atom. The molecule has 0 bridgehead atoms. The molecule has 0 spiro atoms. The molecule has 1 amide bonds. The van der Waals surface area contributed by atoms with Crippen LogP contribution in [0.15, 0.2) is 40.9 Å². The summed E-state index contributed by atoms with van der Waals surface area (Å²) < 4.78 is 28.3. The lowest BCUT2D eigenvalue weighted by molar-refractivity contribution is -0.133. The van der Waals surface area contributed by atoms with Gasteiger partial charge in [0.1, 0.15) is 11.5 Å². The van der Waals surface area contributed by atoms with Gasteiger partial charge >= 0.3 is 0 Å². The Morgan fingerprint density at radius 1 is 1.32 bits per heavy atom. The topological polar surface area (TPSA) is 80.5 Å². The van der Waals surface area contributed by atoms with E-state index < -0.39 is 9.84 Å². The summed E-state index contributed by atoms with van der Waals surface area (Å²) in [6, 6.07) is 11.7. The average Bonchev–Trinajstić information content (AvgIpc) is 3.21. The molecule has 1 unspecified atom stereocenters. The predicted octanol–water partition coefficient (Wildman–Crippen LogP) is 2.17. The molecule has 134 valence electrons. The molecule has 3 rings (SSSR count). The third-order valence-corrected chi connectivity index (χ3v) is 6.27. The average molecular weight is 362 g/mol. The summed E-state index contributed by atoms with van der Waals surface area (Å²) in [4.78, 5) is 13.9. The fraction of sp³-hybridized carbons (Fsp3) is 0.444. The molecule has 0 N–H and O–H groups in total. The lowest BCUT2D eigenvalue weighted by Gasteiger charge is -2.20. The Bertz CT molecular complexity index is 830. The second-order valence-electron chi connectivity index (χ2n) is 6.51. The summed E-state index contributed by atoms with van der Waals surface area (Å²) in [5.74, 6) is 0.424. The third-order valence-electron chi connectivity index (χ3n) is 4.50. The molecular weight excluding hydrogens is 340 g/mol. The molecule has 2 heterocycles. The fourth-order valence-electron chi connectivity index (χ4n) is 3.08. The lowest BCUT2D eigenvalue weighted by Crippen LogP contribution is -2.34. The third kappa shape index (κ3) is 4.48.